The van der Waals surface area contributed by atoms with Gasteiger partial charge in [-0.15, -0.1) is 5.10 Å². The third-order valence-corrected chi connectivity index (χ3v) is 2.81. The smallest absolute Gasteiger partial charge is 0.0845 e. The van der Waals surface area contributed by atoms with Crippen LogP contribution in [-0.2, 0) is 13.5 Å². The minimum atomic E-state index is 0.235. The summed E-state index contributed by atoms with van der Waals surface area (Å²) in [4.78, 5) is 4.25. The SMILES string of the molecule is CCNC(Cc1cn(C)nn1)c1cncc(C)c1. The van der Waals surface area contributed by atoms with Crippen molar-refractivity contribution in [3.05, 3.63) is 41.5 Å². The van der Waals surface area contributed by atoms with Crippen LogP contribution in [0.2, 0.25) is 0 Å². The minimum Gasteiger partial charge on any atom is -0.310 e. The molecule has 2 aromatic rings. The van der Waals surface area contributed by atoms with Crippen molar-refractivity contribution in [2.24, 2.45) is 7.05 Å². The molecule has 96 valence electrons. The fraction of sp³-hybridized carbons (Fsp3) is 0.462. The summed E-state index contributed by atoms with van der Waals surface area (Å²) in [6, 6.07) is 2.40. The molecule has 0 aliphatic heterocycles. The molecule has 0 aliphatic carbocycles. The maximum Gasteiger partial charge on any atom is 0.0845 e. The summed E-state index contributed by atoms with van der Waals surface area (Å²) in [5, 5.41) is 11.6. The summed E-state index contributed by atoms with van der Waals surface area (Å²) in [6.45, 7) is 5.08. The summed E-state index contributed by atoms with van der Waals surface area (Å²) < 4.78 is 1.73. The zero-order valence-corrected chi connectivity index (χ0v) is 11.1. The molecule has 5 heteroatoms. The fourth-order valence-electron chi connectivity index (χ4n) is 2.02. The molecule has 0 amide bonds. The fourth-order valence-corrected chi connectivity index (χ4v) is 2.02. The predicted molar refractivity (Wildman–Crippen MR) is 70.1 cm³/mol. The second-order valence-electron chi connectivity index (χ2n) is 4.49. The van der Waals surface area contributed by atoms with Crippen LogP contribution in [0.3, 0.4) is 0 Å². The lowest BCUT2D eigenvalue weighted by Gasteiger charge is -2.17. The second-order valence-corrected chi connectivity index (χ2v) is 4.49. The Bertz CT molecular complexity index is 506. The van der Waals surface area contributed by atoms with E-state index >= 15 is 0 Å². The molecule has 0 radical (unpaired) electrons. The number of pyridine rings is 1. The van der Waals surface area contributed by atoms with Crippen LogP contribution in [0.5, 0.6) is 0 Å². The van der Waals surface area contributed by atoms with Crippen LogP contribution in [0, 0.1) is 6.92 Å². The molecule has 0 bridgehead atoms. The van der Waals surface area contributed by atoms with Gasteiger partial charge in [0, 0.05) is 38.1 Å². The van der Waals surface area contributed by atoms with Crippen molar-refractivity contribution in [1.82, 2.24) is 25.3 Å². The lowest BCUT2D eigenvalue weighted by atomic mass is 10.0. The third-order valence-electron chi connectivity index (χ3n) is 2.81. The van der Waals surface area contributed by atoms with Gasteiger partial charge in [-0.1, -0.05) is 18.2 Å². The highest BCUT2D eigenvalue weighted by Gasteiger charge is 2.13. The first-order valence-corrected chi connectivity index (χ1v) is 6.19. The molecule has 1 atom stereocenters. The Balaban J connectivity index is 2.17. The van der Waals surface area contributed by atoms with Gasteiger partial charge in [0.15, 0.2) is 0 Å². The van der Waals surface area contributed by atoms with Crippen molar-refractivity contribution in [3.8, 4) is 0 Å². The first kappa shape index (κ1) is 12.7. The highest BCUT2D eigenvalue weighted by Crippen LogP contribution is 2.17. The Morgan fingerprint density at radius 1 is 1.39 bits per heavy atom. The number of aryl methyl sites for hydroxylation is 2. The molecule has 0 aliphatic rings. The lowest BCUT2D eigenvalue weighted by molar-refractivity contribution is 0.541. The van der Waals surface area contributed by atoms with E-state index in [9.17, 15) is 0 Å². The normalized spacial score (nSPS) is 12.6. The van der Waals surface area contributed by atoms with Crippen LogP contribution >= 0.6 is 0 Å². The second kappa shape index (κ2) is 5.73. The van der Waals surface area contributed by atoms with Crippen LogP contribution in [0.4, 0.5) is 0 Å². The van der Waals surface area contributed by atoms with E-state index in [1.165, 1.54) is 11.1 Å². The molecule has 2 rings (SSSR count). The van der Waals surface area contributed by atoms with Gasteiger partial charge < -0.3 is 5.32 Å². The van der Waals surface area contributed by atoms with Crippen LogP contribution in [0.1, 0.15) is 29.8 Å². The molecule has 0 fully saturated rings. The minimum absolute atomic E-state index is 0.235. The monoisotopic (exact) mass is 245 g/mol. The predicted octanol–water partition coefficient (Wildman–Crippen LogP) is 1.41. The number of hydrogen-bond acceptors (Lipinski definition) is 4. The maximum atomic E-state index is 4.25. The van der Waals surface area contributed by atoms with E-state index in [4.69, 9.17) is 0 Å². The van der Waals surface area contributed by atoms with E-state index in [-0.39, 0.29) is 6.04 Å². The first-order chi connectivity index (χ1) is 8.69. The van der Waals surface area contributed by atoms with Gasteiger partial charge in [0.05, 0.1) is 5.69 Å². The Morgan fingerprint density at radius 3 is 2.83 bits per heavy atom. The molecule has 0 spiro atoms. The summed E-state index contributed by atoms with van der Waals surface area (Å²) in [7, 11) is 1.88. The Labute approximate surface area is 107 Å². The Hall–Kier alpha value is -1.75. The van der Waals surface area contributed by atoms with Crippen LogP contribution in [-0.4, -0.2) is 26.5 Å². The van der Waals surface area contributed by atoms with Gasteiger partial charge in [-0.25, -0.2) is 0 Å². The van der Waals surface area contributed by atoms with Crippen molar-refractivity contribution in [2.45, 2.75) is 26.3 Å². The van der Waals surface area contributed by atoms with Gasteiger partial charge in [-0.05, 0) is 24.6 Å². The highest BCUT2D eigenvalue weighted by molar-refractivity contribution is 5.21. The molecule has 2 heterocycles. The van der Waals surface area contributed by atoms with Crippen molar-refractivity contribution in [2.75, 3.05) is 6.54 Å². The highest BCUT2D eigenvalue weighted by atomic mass is 15.4. The van der Waals surface area contributed by atoms with Gasteiger partial charge in [-0.3, -0.25) is 9.67 Å². The number of hydrogen-bond donors (Lipinski definition) is 1. The summed E-state index contributed by atoms with van der Waals surface area (Å²) in [5.41, 5.74) is 3.36. The topological polar surface area (TPSA) is 55.6 Å². The first-order valence-electron chi connectivity index (χ1n) is 6.19. The van der Waals surface area contributed by atoms with E-state index in [0.29, 0.717) is 0 Å². The maximum absolute atomic E-state index is 4.25. The van der Waals surface area contributed by atoms with Crippen LogP contribution in [0.25, 0.3) is 0 Å². The van der Waals surface area contributed by atoms with Crippen molar-refractivity contribution in [1.29, 1.82) is 0 Å². The summed E-state index contributed by atoms with van der Waals surface area (Å²) in [5.74, 6) is 0. The average Bonchev–Trinajstić information content (AvgIpc) is 2.74. The van der Waals surface area contributed by atoms with Gasteiger partial charge in [0.1, 0.15) is 0 Å². The molecule has 0 saturated carbocycles. The van der Waals surface area contributed by atoms with Gasteiger partial charge in [-0.2, -0.15) is 0 Å². The average molecular weight is 245 g/mol. The molecule has 5 nitrogen and oxygen atoms in total. The summed E-state index contributed by atoms with van der Waals surface area (Å²) >= 11 is 0. The van der Waals surface area contributed by atoms with Crippen molar-refractivity contribution < 1.29 is 0 Å². The molecule has 0 aromatic carbocycles. The molecular weight excluding hydrogens is 226 g/mol. The molecule has 18 heavy (non-hydrogen) atoms. The molecule has 1 N–H and O–H groups in total. The molecule has 2 aromatic heterocycles. The Kier molecular flexibility index (Phi) is 4.04. The van der Waals surface area contributed by atoms with Gasteiger partial charge >= 0.3 is 0 Å². The lowest BCUT2D eigenvalue weighted by Crippen LogP contribution is -2.23. The van der Waals surface area contributed by atoms with Crippen LogP contribution < -0.4 is 5.32 Å². The van der Waals surface area contributed by atoms with E-state index in [2.05, 4.69) is 40.5 Å². The summed E-state index contributed by atoms with van der Waals surface area (Å²) in [6.07, 6.45) is 6.56. The standard InChI is InChI=1S/C13H19N5/c1-4-15-13(6-12-9-18(3)17-16-12)11-5-10(2)7-14-8-11/h5,7-9,13,15H,4,6H2,1-3H3. The number of nitrogens with zero attached hydrogens (tertiary/aromatic N) is 4. The van der Waals surface area contributed by atoms with Crippen molar-refractivity contribution in [3.63, 3.8) is 0 Å². The number of aromatic nitrogens is 4. The number of likely N-dealkylation sites (N-methyl/N-ethyl adjacent to an activating group) is 1. The van der Waals surface area contributed by atoms with Crippen LogP contribution in [0.15, 0.2) is 24.7 Å². The van der Waals surface area contributed by atoms with Gasteiger partial charge in [0.25, 0.3) is 0 Å². The molecule has 1 unspecified atom stereocenters. The Morgan fingerprint density at radius 2 is 2.22 bits per heavy atom. The quantitative estimate of drug-likeness (QED) is 0.865. The number of rotatable bonds is 5. The third kappa shape index (κ3) is 3.13. The van der Waals surface area contributed by atoms with Crippen molar-refractivity contribution >= 4 is 0 Å². The van der Waals surface area contributed by atoms with Gasteiger partial charge in [0.2, 0.25) is 0 Å². The van der Waals surface area contributed by atoms with E-state index < -0.39 is 0 Å². The zero-order valence-electron chi connectivity index (χ0n) is 11.1. The van der Waals surface area contributed by atoms with E-state index in [1.54, 1.807) is 4.68 Å². The zero-order chi connectivity index (χ0) is 13.0. The molecular formula is C13H19N5. The largest absolute Gasteiger partial charge is 0.310 e. The number of nitrogens with one attached hydrogen (secondary N) is 1. The van der Waals surface area contributed by atoms with E-state index in [1.807, 2.05) is 25.6 Å². The van der Waals surface area contributed by atoms with E-state index in [0.717, 1.165) is 18.7 Å². The molecule has 0 saturated heterocycles.